The van der Waals surface area contributed by atoms with Crippen LogP contribution in [0.5, 0.6) is 0 Å². The number of aromatic nitrogens is 5. The summed E-state index contributed by atoms with van der Waals surface area (Å²) in [4.78, 5) is 17.2. The van der Waals surface area contributed by atoms with Crippen molar-refractivity contribution in [2.45, 2.75) is 6.54 Å². The molecule has 3 aromatic heterocycles. The van der Waals surface area contributed by atoms with E-state index < -0.39 is 0 Å². The van der Waals surface area contributed by atoms with Crippen LogP contribution in [0.25, 0.3) is 17.6 Å². The van der Waals surface area contributed by atoms with Gasteiger partial charge in [-0.05, 0) is 35.6 Å². The largest absolute Gasteiger partial charge is 0.350 e. The van der Waals surface area contributed by atoms with Crippen LogP contribution in [-0.2, 0) is 6.54 Å². The van der Waals surface area contributed by atoms with Gasteiger partial charge in [0.1, 0.15) is 17.5 Å². The third-order valence-corrected chi connectivity index (χ3v) is 3.37. The predicted octanol–water partition coefficient (Wildman–Crippen LogP) is 0.554. The number of pyridine rings is 1. The molecule has 0 atom stereocenters. The molecule has 1 N–H and O–H groups in total. The first-order chi connectivity index (χ1) is 11.4. The van der Waals surface area contributed by atoms with Crippen LogP contribution in [0, 0.1) is 0 Å². The fraction of sp³-hybridized carbons (Fsp3) is 0.0588. The lowest BCUT2D eigenvalue weighted by Gasteiger charge is -2.06. The lowest BCUT2D eigenvalue weighted by molar-refractivity contribution is 0.936. The molecular formula is C17H12N6. The zero-order chi connectivity index (χ0) is 15.5. The Kier molecular flexibility index (Phi) is 3.30. The third kappa shape index (κ3) is 2.68. The molecule has 0 amide bonds. The van der Waals surface area contributed by atoms with E-state index in [0.717, 1.165) is 22.1 Å². The quantitative estimate of drug-likeness (QED) is 0.713. The molecule has 110 valence electrons. The average Bonchev–Trinajstić information content (AvgIpc) is 3.05. The number of anilines is 1. The Hall–Kier alpha value is -3.46. The normalized spacial score (nSPS) is 11.5. The van der Waals surface area contributed by atoms with Gasteiger partial charge in [-0.3, -0.25) is 9.55 Å². The molecule has 0 saturated carbocycles. The molecule has 0 unspecified atom stereocenters. The van der Waals surface area contributed by atoms with E-state index in [-0.39, 0.29) is 0 Å². The summed E-state index contributed by atoms with van der Waals surface area (Å²) in [7, 11) is 0. The van der Waals surface area contributed by atoms with Crippen molar-refractivity contribution < 1.29 is 0 Å². The molecule has 3 heterocycles. The summed E-state index contributed by atoms with van der Waals surface area (Å²) in [5.41, 5.74) is 7.07. The van der Waals surface area contributed by atoms with Gasteiger partial charge in [0.15, 0.2) is 0 Å². The van der Waals surface area contributed by atoms with Crippen LogP contribution < -0.4 is 16.0 Å². The smallest absolute Gasteiger partial charge is 0.224 e. The molecule has 4 rings (SSSR count). The van der Waals surface area contributed by atoms with Crippen LogP contribution >= 0.6 is 0 Å². The number of rotatable bonds is 4. The van der Waals surface area contributed by atoms with Crippen molar-refractivity contribution in [3.8, 4) is 5.82 Å². The maximum atomic E-state index is 4.53. The fourth-order valence-electron chi connectivity index (χ4n) is 2.27. The Bertz CT molecular complexity index is 1040. The van der Waals surface area contributed by atoms with Crippen molar-refractivity contribution in [2.75, 3.05) is 5.32 Å². The van der Waals surface area contributed by atoms with Gasteiger partial charge in [0.2, 0.25) is 5.95 Å². The molecule has 6 nitrogen and oxygen atoms in total. The fourth-order valence-corrected chi connectivity index (χ4v) is 2.27. The van der Waals surface area contributed by atoms with Crippen LogP contribution in [-0.4, -0.2) is 24.5 Å². The van der Waals surface area contributed by atoms with E-state index in [1.54, 1.807) is 24.8 Å². The van der Waals surface area contributed by atoms with E-state index in [9.17, 15) is 0 Å². The number of hydrogen-bond donors (Lipinski definition) is 1. The van der Waals surface area contributed by atoms with E-state index in [0.29, 0.717) is 12.5 Å². The van der Waals surface area contributed by atoms with E-state index in [4.69, 9.17) is 0 Å². The first-order valence-electron chi connectivity index (χ1n) is 7.12. The summed E-state index contributed by atoms with van der Waals surface area (Å²) in [5, 5.41) is 4.89. The highest BCUT2D eigenvalue weighted by atomic mass is 15.2. The lowest BCUT2D eigenvalue weighted by atomic mass is 10.3. The van der Waals surface area contributed by atoms with Gasteiger partial charge in [-0.1, -0.05) is 11.8 Å². The van der Waals surface area contributed by atoms with E-state index in [2.05, 4.69) is 36.7 Å². The molecule has 0 radical (unpaired) electrons. The second kappa shape index (κ2) is 5.73. The summed E-state index contributed by atoms with van der Waals surface area (Å²) in [6.07, 6.45) is 10.7. The molecule has 23 heavy (non-hydrogen) atoms. The molecule has 0 aromatic carbocycles. The molecule has 0 fully saturated rings. The molecule has 3 aromatic rings. The average molecular weight is 300 g/mol. The first-order valence-corrected chi connectivity index (χ1v) is 7.12. The minimum atomic E-state index is 0.549. The van der Waals surface area contributed by atoms with E-state index in [1.807, 2.05) is 35.0 Å². The van der Waals surface area contributed by atoms with Gasteiger partial charge in [-0.2, -0.15) is 4.98 Å². The van der Waals surface area contributed by atoms with Crippen LogP contribution in [0.4, 0.5) is 5.95 Å². The third-order valence-electron chi connectivity index (χ3n) is 3.37. The monoisotopic (exact) mass is 300 g/mol. The number of imidazole rings is 1. The van der Waals surface area contributed by atoms with Crippen molar-refractivity contribution in [3.63, 3.8) is 0 Å². The number of nitrogens with one attached hydrogen (secondary N) is 1. The molecule has 0 saturated heterocycles. The lowest BCUT2D eigenvalue weighted by Crippen LogP contribution is -2.29. The Balaban J connectivity index is 1.64. The Labute approximate surface area is 131 Å². The van der Waals surface area contributed by atoms with Gasteiger partial charge in [0.25, 0.3) is 0 Å². The number of allylic oxidation sites excluding steroid dienone is 1. The van der Waals surface area contributed by atoms with Gasteiger partial charge >= 0.3 is 0 Å². The Morgan fingerprint density at radius 3 is 3.09 bits per heavy atom. The zero-order valence-electron chi connectivity index (χ0n) is 12.1. The summed E-state index contributed by atoms with van der Waals surface area (Å²) in [6, 6.07) is 5.73. The maximum absolute atomic E-state index is 4.53. The van der Waals surface area contributed by atoms with Crippen molar-refractivity contribution in [2.24, 2.45) is 0 Å². The number of fused-ring (bicyclic) bond motifs is 1. The minimum Gasteiger partial charge on any atom is -0.350 e. The molecule has 0 bridgehead atoms. The minimum absolute atomic E-state index is 0.549. The summed E-state index contributed by atoms with van der Waals surface area (Å²) < 4.78 is 1.86. The van der Waals surface area contributed by atoms with Crippen molar-refractivity contribution in [3.05, 3.63) is 71.2 Å². The topological polar surface area (TPSA) is 68.5 Å². The molecule has 1 aliphatic carbocycles. The summed E-state index contributed by atoms with van der Waals surface area (Å²) in [6.45, 7) is 0.613. The van der Waals surface area contributed by atoms with Gasteiger partial charge in [-0.15, -0.1) is 0 Å². The van der Waals surface area contributed by atoms with Crippen molar-refractivity contribution >= 4 is 17.8 Å². The second-order valence-electron chi connectivity index (χ2n) is 4.90. The molecule has 0 aliphatic heterocycles. The molecule has 1 aliphatic rings. The predicted molar refractivity (Wildman–Crippen MR) is 85.9 cm³/mol. The first kappa shape index (κ1) is 13.2. The number of hydrogen-bond acceptors (Lipinski definition) is 5. The summed E-state index contributed by atoms with van der Waals surface area (Å²) >= 11 is 0. The standard InChI is InChI=1S/C17H12N6/c1-2-6-15-14(5-1)21-12-23(15)16-7-9-19-17(22-16)20-11-13-4-3-8-18-10-13/h1,3-5,7-10,12H,11H2,(H,19,20,22). The summed E-state index contributed by atoms with van der Waals surface area (Å²) in [5.74, 6) is 1.28. The van der Waals surface area contributed by atoms with Gasteiger partial charge in [-0.25, -0.2) is 9.97 Å². The van der Waals surface area contributed by atoms with Crippen LogP contribution in [0.1, 0.15) is 5.56 Å². The maximum Gasteiger partial charge on any atom is 0.224 e. The molecule has 0 spiro atoms. The van der Waals surface area contributed by atoms with Crippen LogP contribution in [0.3, 0.4) is 0 Å². The Morgan fingerprint density at radius 1 is 1.17 bits per heavy atom. The SMILES string of the molecule is C1=C=c2c(ncn2-c2ccnc(NCc3cccnc3)n2)=CC=1. The van der Waals surface area contributed by atoms with E-state index in [1.165, 1.54) is 0 Å². The van der Waals surface area contributed by atoms with Crippen LogP contribution in [0.2, 0.25) is 0 Å². The van der Waals surface area contributed by atoms with Crippen molar-refractivity contribution in [1.29, 1.82) is 0 Å². The highest BCUT2D eigenvalue weighted by Gasteiger charge is 2.05. The highest BCUT2D eigenvalue weighted by molar-refractivity contribution is 5.43. The Morgan fingerprint density at radius 2 is 2.17 bits per heavy atom. The van der Waals surface area contributed by atoms with E-state index >= 15 is 0 Å². The zero-order valence-corrected chi connectivity index (χ0v) is 12.1. The van der Waals surface area contributed by atoms with Crippen LogP contribution in [0.15, 0.2) is 54.9 Å². The molecule has 6 heteroatoms. The van der Waals surface area contributed by atoms with Crippen molar-refractivity contribution in [1.82, 2.24) is 24.5 Å². The number of nitrogens with zero attached hydrogens (tertiary/aromatic N) is 5. The molecular weight excluding hydrogens is 288 g/mol. The second-order valence-corrected chi connectivity index (χ2v) is 4.90. The van der Waals surface area contributed by atoms with Gasteiger partial charge in [0.05, 0.1) is 5.35 Å². The van der Waals surface area contributed by atoms with Gasteiger partial charge in [0, 0.05) is 25.1 Å². The van der Waals surface area contributed by atoms with Gasteiger partial charge < -0.3 is 5.32 Å². The highest BCUT2D eigenvalue weighted by Crippen LogP contribution is 2.05.